The first-order valence-corrected chi connectivity index (χ1v) is 10.2. The first-order chi connectivity index (χ1) is 14.4. The number of ketones is 1. The molecule has 6 heteroatoms. The molecule has 1 saturated heterocycles. The van der Waals surface area contributed by atoms with Crippen molar-refractivity contribution in [1.82, 2.24) is 4.90 Å². The van der Waals surface area contributed by atoms with Crippen molar-refractivity contribution in [2.75, 3.05) is 19.7 Å². The number of benzene rings is 2. The summed E-state index contributed by atoms with van der Waals surface area (Å²) in [5, 5.41) is 0. The lowest BCUT2D eigenvalue weighted by atomic mass is 9.75. The maximum atomic E-state index is 13.3. The summed E-state index contributed by atoms with van der Waals surface area (Å²) in [6.07, 6.45) is 1.56. The van der Waals surface area contributed by atoms with Gasteiger partial charge in [0.1, 0.15) is 5.82 Å². The number of esters is 1. The van der Waals surface area contributed by atoms with Crippen LogP contribution in [-0.4, -0.2) is 42.3 Å². The van der Waals surface area contributed by atoms with Gasteiger partial charge in [-0.3, -0.25) is 14.4 Å². The Hall–Kier alpha value is -3.02. The van der Waals surface area contributed by atoms with Crippen LogP contribution in [-0.2, 0) is 16.0 Å². The van der Waals surface area contributed by atoms with Crippen LogP contribution in [0.5, 0.6) is 0 Å². The average Bonchev–Trinajstić information content (AvgIpc) is 2.75. The highest BCUT2D eigenvalue weighted by molar-refractivity contribution is 6.07. The first-order valence-electron chi connectivity index (χ1n) is 10.2. The molecule has 1 amide bonds. The van der Waals surface area contributed by atoms with Crippen molar-refractivity contribution >= 4 is 17.7 Å². The molecule has 0 N–H and O–H groups in total. The van der Waals surface area contributed by atoms with Crippen LogP contribution in [0.2, 0.25) is 0 Å². The van der Waals surface area contributed by atoms with Crippen LogP contribution >= 0.6 is 0 Å². The Bertz CT molecular complexity index is 940. The van der Waals surface area contributed by atoms with Crippen molar-refractivity contribution in [3.8, 4) is 0 Å². The smallest absolute Gasteiger partial charge is 0.314 e. The number of halogens is 1. The van der Waals surface area contributed by atoms with Crippen LogP contribution in [0.25, 0.3) is 0 Å². The van der Waals surface area contributed by atoms with Crippen LogP contribution < -0.4 is 0 Å². The van der Waals surface area contributed by atoms with Crippen molar-refractivity contribution in [1.29, 1.82) is 0 Å². The molecule has 0 aliphatic carbocycles. The molecule has 0 saturated carbocycles. The fraction of sp³-hybridized carbons (Fsp3) is 0.375. The Kier molecular flexibility index (Phi) is 6.65. The fourth-order valence-corrected chi connectivity index (χ4v) is 4.11. The summed E-state index contributed by atoms with van der Waals surface area (Å²) in [6.45, 7) is 4.10. The van der Waals surface area contributed by atoms with Gasteiger partial charge in [-0.2, -0.15) is 0 Å². The molecular weight excluding hydrogens is 385 g/mol. The summed E-state index contributed by atoms with van der Waals surface area (Å²) < 4.78 is 18.7. The van der Waals surface area contributed by atoms with E-state index in [4.69, 9.17) is 4.74 Å². The van der Waals surface area contributed by atoms with Crippen molar-refractivity contribution in [3.05, 3.63) is 71.0 Å². The minimum Gasteiger partial charge on any atom is -0.466 e. The largest absolute Gasteiger partial charge is 0.466 e. The van der Waals surface area contributed by atoms with Crippen LogP contribution in [0.1, 0.15) is 53.0 Å². The van der Waals surface area contributed by atoms with E-state index < -0.39 is 5.41 Å². The molecule has 0 spiro atoms. The summed E-state index contributed by atoms with van der Waals surface area (Å²) in [5.41, 5.74) is 0.607. The highest BCUT2D eigenvalue weighted by Gasteiger charge is 2.45. The summed E-state index contributed by atoms with van der Waals surface area (Å²) in [7, 11) is 0. The van der Waals surface area contributed by atoms with Crippen LogP contribution in [0.4, 0.5) is 4.39 Å². The molecule has 5 nitrogen and oxygen atoms in total. The molecule has 1 aliphatic rings. The Morgan fingerprint density at radius 2 is 1.73 bits per heavy atom. The topological polar surface area (TPSA) is 63.7 Å². The normalized spacial score (nSPS) is 18.7. The molecule has 0 bridgehead atoms. The number of hydrogen-bond donors (Lipinski definition) is 0. The molecule has 158 valence electrons. The van der Waals surface area contributed by atoms with Crippen LogP contribution in [0, 0.1) is 11.2 Å². The van der Waals surface area contributed by atoms with Gasteiger partial charge >= 0.3 is 5.97 Å². The van der Waals surface area contributed by atoms with Gasteiger partial charge in [-0.05, 0) is 56.9 Å². The standard InChI is InChI=1S/C24H26FNO4/c1-3-30-23(29)24(15-18-9-11-19(25)12-10-18)13-6-14-26(16-24)22(28)21-8-5-4-7-20(21)17(2)27/h4-5,7-12H,3,6,13-16H2,1-2H3. The third-order valence-corrected chi connectivity index (χ3v) is 5.57. The number of amides is 1. The van der Waals surface area contributed by atoms with E-state index in [0.29, 0.717) is 36.9 Å². The number of nitrogens with zero attached hydrogens (tertiary/aromatic N) is 1. The van der Waals surface area contributed by atoms with Gasteiger partial charge in [0, 0.05) is 18.7 Å². The van der Waals surface area contributed by atoms with E-state index in [2.05, 4.69) is 0 Å². The lowest BCUT2D eigenvalue weighted by molar-refractivity contribution is -0.158. The first kappa shape index (κ1) is 21.7. The number of rotatable bonds is 6. The zero-order valence-electron chi connectivity index (χ0n) is 17.3. The van der Waals surface area contributed by atoms with E-state index in [-0.39, 0.29) is 36.6 Å². The van der Waals surface area contributed by atoms with E-state index in [1.165, 1.54) is 19.1 Å². The van der Waals surface area contributed by atoms with Gasteiger partial charge in [0.2, 0.25) is 0 Å². The molecule has 30 heavy (non-hydrogen) atoms. The van der Waals surface area contributed by atoms with Gasteiger partial charge < -0.3 is 9.64 Å². The lowest BCUT2D eigenvalue weighted by Gasteiger charge is -2.41. The number of carbonyl (C=O) groups excluding carboxylic acids is 3. The molecule has 1 fully saturated rings. The summed E-state index contributed by atoms with van der Waals surface area (Å²) in [6, 6.07) is 12.8. The number of hydrogen-bond acceptors (Lipinski definition) is 4. The van der Waals surface area contributed by atoms with Gasteiger partial charge in [0.25, 0.3) is 5.91 Å². The monoisotopic (exact) mass is 411 g/mol. The second-order valence-corrected chi connectivity index (χ2v) is 7.74. The van der Waals surface area contributed by atoms with Crippen molar-refractivity contribution < 1.29 is 23.5 Å². The Morgan fingerprint density at radius 3 is 2.37 bits per heavy atom. The number of ether oxygens (including phenoxy) is 1. The number of piperidine rings is 1. The lowest BCUT2D eigenvalue weighted by Crippen LogP contribution is -2.51. The minimum absolute atomic E-state index is 0.182. The van der Waals surface area contributed by atoms with Crippen molar-refractivity contribution in [2.45, 2.75) is 33.1 Å². The van der Waals surface area contributed by atoms with E-state index in [0.717, 1.165) is 5.56 Å². The number of carbonyl (C=O) groups is 3. The highest BCUT2D eigenvalue weighted by Crippen LogP contribution is 2.36. The molecule has 1 unspecified atom stereocenters. The van der Waals surface area contributed by atoms with E-state index in [1.54, 1.807) is 48.2 Å². The molecule has 2 aromatic rings. The summed E-state index contributed by atoms with van der Waals surface area (Å²) >= 11 is 0. The molecule has 1 heterocycles. The zero-order valence-corrected chi connectivity index (χ0v) is 17.3. The van der Waals surface area contributed by atoms with Gasteiger partial charge in [-0.25, -0.2) is 4.39 Å². The Labute approximate surface area is 175 Å². The van der Waals surface area contributed by atoms with E-state index in [1.807, 2.05) is 0 Å². The Morgan fingerprint density at radius 1 is 1.07 bits per heavy atom. The maximum Gasteiger partial charge on any atom is 0.314 e. The molecule has 1 aliphatic heterocycles. The van der Waals surface area contributed by atoms with Gasteiger partial charge in [0.05, 0.1) is 17.6 Å². The molecular formula is C24H26FNO4. The summed E-state index contributed by atoms with van der Waals surface area (Å²) in [4.78, 5) is 39.8. The molecule has 2 aromatic carbocycles. The molecule has 3 rings (SSSR count). The Balaban J connectivity index is 1.91. The average molecular weight is 411 g/mol. The number of likely N-dealkylation sites (tertiary alicyclic amines) is 1. The van der Waals surface area contributed by atoms with Gasteiger partial charge in [0.15, 0.2) is 5.78 Å². The minimum atomic E-state index is -0.910. The maximum absolute atomic E-state index is 13.3. The highest BCUT2D eigenvalue weighted by atomic mass is 19.1. The van der Waals surface area contributed by atoms with E-state index in [9.17, 15) is 18.8 Å². The third-order valence-electron chi connectivity index (χ3n) is 5.57. The van der Waals surface area contributed by atoms with Crippen LogP contribution in [0.3, 0.4) is 0 Å². The molecule has 0 aromatic heterocycles. The predicted molar refractivity (Wildman–Crippen MR) is 111 cm³/mol. The second-order valence-electron chi connectivity index (χ2n) is 7.74. The van der Waals surface area contributed by atoms with Gasteiger partial charge in [-0.15, -0.1) is 0 Å². The van der Waals surface area contributed by atoms with Gasteiger partial charge in [-0.1, -0.05) is 30.3 Å². The zero-order chi connectivity index (χ0) is 21.7. The molecule has 0 radical (unpaired) electrons. The molecule has 1 atom stereocenters. The predicted octanol–water partition coefficient (Wildman–Crippen LogP) is 4.06. The van der Waals surface area contributed by atoms with Crippen molar-refractivity contribution in [2.24, 2.45) is 5.41 Å². The van der Waals surface area contributed by atoms with Crippen molar-refractivity contribution in [3.63, 3.8) is 0 Å². The fourth-order valence-electron chi connectivity index (χ4n) is 4.11. The summed E-state index contributed by atoms with van der Waals surface area (Å²) in [5.74, 6) is -1.15. The third kappa shape index (κ3) is 4.58. The second kappa shape index (κ2) is 9.20. The van der Waals surface area contributed by atoms with E-state index >= 15 is 0 Å². The quantitative estimate of drug-likeness (QED) is 0.531. The van der Waals surface area contributed by atoms with Crippen LogP contribution in [0.15, 0.2) is 48.5 Å². The SMILES string of the molecule is CCOC(=O)C1(Cc2ccc(F)cc2)CCCN(C(=O)c2ccccc2C(C)=O)C1. The number of Topliss-reactive ketones (excluding diaryl/α,β-unsaturated/α-hetero) is 1.